The highest BCUT2D eigenvalue weighted by atomic mass is 16.1. The molecule has 6 nitrogen and oxygen atoms in total. The number of aryl methyl sites for hydroxylation is 1. The molecule has 2 aromatic rings. The molecule has 1 fully saturated rings. The number of rotatable bonds is 2. The van der Waals surface area contributed by atoms with Gasteiger partial charge in [0.05, 0.1) is 11.7 Å². The molecule has 0 radical (unpaired) electrons. The highest BCUT2D eigenvalue weighted by Crippen LogP contribution is 2.32. The SMILES string of the molecule is Cc1nc(C2CCCN2c2ncccn2)cc(=O)[nH]1. The van der Waals surface area contributed by atoms with E-state index >= 15 is 0 Å². The van der Waals surface area contributed by atoms with Gasteiger partial charge in [-0.1, -0.05) is 0 Å². The molecule has 2 aromatic heterocycles. The lowest BCUT2D eigenvalue weighted by Gasteiger charge is -2.23. The Kier molecular flexibility index (Phi) is 2.98. The number of hydrogen-bond donors (Lipinski definition) is 1. The number of nitrogens with one attached hydrogen (secondary N) is 1. The van der Waals surface area contributed by atoms with Crippen LogP contribution in [0.1, 0.15) is 30.4 Å². The van der Waals surface area contributed by atoms with Crippen LogP contribution in [0.2, 0.25) is 0 Å². The molecule has 6 heteroatoms. The lowest BCUT2D eigenvalue weighted by Crippen LogP contribution is -2.26. The Labute approximate surface area is 110 Å². The van der Waals surface area contributed by atoms with Gasteiger partial charge in [-0.2, -0.15) is 0 Å². The number of H-pyrrole nitrogens is 1. The molecule has 3 rings (SSSR count). The van der Waals surface area contributed by atoms with Crippen molar-refractivity contribution in [1.29, 1.82) is 0 Å². The third-order valence-corrected chi connectivity index (χ3v) is 3.28. The van der Waals surface area contributed by atoms with E-state index in [-0.39, 0.29) is 11.6 Å². The van der Waals surface area contributed by atoms with E-state index in [1.165, 1.54) is 0 Å². The van der Waals surface area contributed by atoms with Crippen LogP contribution in [0.3, 0.4) is 0 Å². The lowest BCUT2D eigenvalue weighted by molar-refractivity contribution is 0.670. The molecule has 1 aliphatic rings. The molecule has 0 aliphatic carbocycles. The van der Waals surface area contributed by atoms with Crippen molar-refractivity contribution < 1.29 is 0 Å². The molecule has 19 heavy (non-hydrogen) atoms. The summed E-state index contributed by atoms with van der Waals surface area (Å²) in [4.78, 5) is 29.4. The minimum Gasteiger partial charge on any atom is -0.332 e. The molecule has 0 aromatic carbocycles. The average molecular weight is 257 g/mol. The van der Waals surface area contributed by atoms with Crippen molar-refractivity contribution in [3.05, 3.63) is 46.4 Å². The van der Waals surface area contributed by atoms with Gasteiger partial charge >= 0.3 is 0 Å². The van der Waals surface area contributed by atoms with Crippen molar-refractivity contribution in [1.82, 2.24) is 19.9 Å². The summed E-state index contributed by atoms with van der Waals surface area (Å²) in [6.45, 7) is 2.69. The van der Waals surface area contributed by atoms with E-state index in [4.69, 9.17) is 0 Å². The number of aromatic nitrogens is 4. The van der Waals surface area contributed by atoms with E-state index in [2.05, 4.69) is 24.8 Å². The molecular formula is C13H15N5O. The van der Waals surface area contributed by atoms with Crippen LogP contribution in [0.5, 0.6) is 0 Å². The quantitative estimate of drug-likeness (QED) is 0.875. The molecule has 1 unspecified atom stereocenters. The summed E-state index contributed by atoms with van der Waals surface area (Å²) < 4.78 is 0. The second-order valence-electron chi connectivity index (χ2n) is 4.66. The van der Waals surface area contributed by atoms with E-state index in [1.807, 2.05) is 0 Å². The predicted octanol–water partition coefficient (Wildman–Crippen LogP) is 1.21. The van der Waals surface area contributed by atoms with Crippen molar-refractivity contribution >= 4 is 5.95 Å². The Hall–Kier alpha value is -2.24. The van der Waals surface area contributed by atoms with Gasteiger partial charge in [0, 0.05) is 25.0 Å². The Morgan fingerprint density at radius 1 is 1.37 bits per heavy atom. The van der Waals surface area contributed by atoms with Crippen molar-refractivity contribution in [2.75, 3.05) is 11.4 Å². The predicted molar refractivity (Wildman–Crippen MR) is 70.9 cm³/mol. The van der Waals surface area contributed by atoms with E-state index in [0.717, 1.165) is 25.1 Å². The number of anilines is 1. The first-order valence-corrected chi connectivity index (χ1v) is 6.35. The van der Waals surface area contributed by atoms with Crippen LogP contribution < -0.4 is 10.5 Å². The summed E-state index contributed by atoms with van der Waals surface area (Å²) in [5.74, 6) is 1.34. The maximum atomic E-state index is 11.6. The number of nitrogens with zero attached hydrogens (tertiary/aromatic N) is 4. The molecule has 0 spiro atoms. The molecule has 0 bridgehead atoms. The van der Waals surface area contributed by atoms with Gasteiger partial charge in [-0.3, -0.25) is 4.79 Å². The zero-order chi connectivity index (χ0) is 13.2. The minimum atomic E-state index is -0.108. The normalized spacial score (nSPS) is 18.8. The smallest absolute Gasteiger partial charge is 0.251 e. The van der Waals surface area contributed by atoms with Crippen molar-refractivity contribution in [2.45, 2.75) is 25.8 Å². The maximum absolute atomic E-state index is 11.6. The van der Waals surface area contributed by atoms with E-state index in [9.17, 15) is 4.79 Å². The third-order valence-electron chi connectivity index (χ3n) is 3.28. The Bertz CT molecular complexity index is 624. The van der Waals surface area contributed by atoms with E-state index in [0.29, 0.717) is 11.8 Å². The highest BCUT2D eigenvalue weighted by molar-refractivity contribution is 5.35. The van der Waals surface area contributed by atoms with E-state index < -0.39 is 0 Å². The fourth-order valence-electron chi connectivity index (χ4n) is 2.53. The summed E-state index contributed by atoms with van der Waals surface area (Å²) >= 11 is 0. The maximum Gasteiger partial charge on any atom is 0.251 e. The zero-order valence-electron chi connectivity index (χ0n) is 10.7. The van der Waals surface area contributed by atoms with Crippen LogP contribution in [0, 0.1) is 6.92 Å². The third kappa shape index (κ3) is 2.33. The monoisotopic (exact) mass is 257 g/mol. The van der Waals surface area contributed by atoms with Gasteiger partial charge in [-0.05, 0) is 25.8 Å². The van der Waals surface area contributed by atoms with Crippen LogP contribution in [0.25, 0.3) is 0 Å². The summed E-state index contributed by atoms with van der Waals surface area (Å²) in [6, 6.07) is 3.45. The van der Waals surface area contributed by atoms with Gasteiger partial charge in [-0.15, -0.1) is 0 Å². The Morgan fingerprint density at radius 3 is 2.89 bits per heavy atom. The molecule has 3 heterocycles. The van der Waals surface area contributed by atoms with Gasteiger partial charge in [-0.25, -0.2) is 15.0 Å². The average Bonchev–Trinajstić information content (AvgIpc) is 2.88. The molecule has 98 valence electrons. The first-order valence-electron chi connectivity index (χ1n) is 6.35. The van der Waals surface area contributed by atoms with Crippen LogP contribution in [0.15, 0.2) is 29.3 Å². The van der Waals surface area contributed by atoms with Crippen LogP contribution in [-0.4, -0.2) is 26.5 Å². The first-order chi connectivity index (χ1) is 9.24. The molecule has 0 amide bonds. The second-order valence-corrected chi connectivity index (χ2v) is 4.66. The minimum absolute atomic E-state index is 0.0865. The summed E-state index contributed by atoms with van der Waals surface area (Å²) in [5.41, 5.74) is 0.689. The second kappa shape index (κ2) is 4.79. The number of aromatic amines is 1. The lowest BCUT2D eigenvalue weighted by atomic mass is 10.1. The van der Waals surface area contributed by atoms with Crippen molar-refractivity contribution in [2.24, 2.45) is 0 Å². The van der Waals surface area contributed by atoms with Gasteiger partial charge < -0.3 is 9.88 Å². The molecular weight excluding hydrogens is 242 g/mol. The molecule has 1 saturated heterocycles. The zero-order valence-corrected chi connectivity index (χ0v) is 10.7. The standard InChI is InChI=1S/C13H15N5O/c1-9-16-10(8-12(19)17-9)11-4-2-7-18(11)13-14-5-3-6-15-13/h3,5-6,8,11H,2,4,7H2,1H3,(H,16,17,19). The summed E-state index contributed by atoms with van der Waals surface area (Å²) in [6.07, 6.45) is 5.48. The first kappa shape index (κ1) is 11.8. The fourth-order valence-corrected chi connectivity index (χ4v) is 2.53. The van der Waals surface area contributed by atoms with Gasteiger partial charge in [0.15, 0.2) is 0 Å². The van der Waals surface area contributed by atoms with Crippen LogP contribution in [0.4, 0.5) is 5.95 Å². The van der Waals surface area contributed by atoms with Crippen LogP contribution in [-0.2, 0) is 0 Å². The van der Waals surface area contributed by atoms with Gasteiger partial charge in [0.25, 0.3) is 5.56 Å². The molecule has 0 saturated carbocycles. The molecule has 1 N–H and O–H groups in total. The van der Waals surface area contributed by atoms with Gasteiger partial charge in [0.1, 0.15) is 5.82 Å². The van der Waals surface area contributed by atoms with Crippen molar-refractivity contribution in [3.8, 4) is 0 Å². The Morgan fingerprint density at radius 2 is 2.16 bits per heavy atom. The van der Waals surface area contributed by atoms with Crippen molar-refractivity contribution in [3.63, 3.8) is 0 Å². The fraction of sp³-hybridized carbons (Fsp3) is 0.385. The van der Waals surface area contributed by atoms with Gasteiger partial charge in [0.2, 0.25) is 5.95 Å². The Balaban J connectivity index is 1.97. The highest BCUT2D eigenvalue weighted by Gasteiger charge is 2.29. The number of hydrogen-bond acceptors (Lipinski definition) is 5. The molecule has 1 aliphatic heterocycles. The van der Waals surface area contributed by atoms with Crippen LogP contribution >= 0.6 is 0 Å². The largest absolute Gasteiger partial charge is 0.332 e. The molecule has 1 atom stereocenters. The van der Waals surface area contributed by atoms with E-state index in [1.54, 1.807) is 31.5 Å². The summed E-state index contributed by atoms with van der Waals surface area (Å²) in [7, 11) is 0. The topological polar surface area (TPSA) is 74.8 Å². The summed E-state index contributed by atoms with van der Waals surface area (Å²) in [5, 5.41) is 0.